The van der Waals surface area contributed by atoms with Gasteiger partial charge in [-0.2, -0.15) is 0 Å². The van der Waals surface area contributed by atoms with Crippen LogP contribution in [-0.4, -0.2) is 17.6 Å². The predicted molar refractivity (Wildman–Crippen MR) is 76.1 cm³/mol. The highest BCUT2D eigenvalue weighted by molar-refractivity contribution is 5.70. The lowest BCUT2D eigenvalue weighted by atomic mass is 9.96. The quantitative estimate of drug-likeness (QED) is 0.857. The molecule has 0 aromatic heterocycles. The highest BCUT2D eigenvalue weighted by Crippen LogP contribution is 2.31. The second-order valence-electron chi connectivity index (χ2n) is 5.64. The SMILES string of the molecule is Cc1cccc(C)c1CNCC1CCCC1C(=O)O. The molecule has 104 valence electrons. The van der Waals surface area contributed by atoms with E-state index in [-0.39, 0.29) is 5.92 Å². The van der Waals surface area contributed by atoms with E-state index in [0.29, 0.717) is 5.92 Å². The van der Waals surface area contributed by atoms with Crippen LogP contribution in [0.2, 0.25) is 0 Å². The standard InChI is InChI=1S/C16H23NO2/c1-11-5-3-6-12(2)15(11)10-17-9-13-7-4-8-14(13)16(18)19/h3,5-6,13-14,17H,4,7-10H2,1-2H3,(H,18,19). The maximum absolute atomic E-state index is 11.1. The zero-order valence-electron chi connectivity index (χ0n) is 11.8. The second-order valence-corrected chi connectivity index (χ2v) is 5.64. The molecule has 1 aliphatic rings. The lowest BCUT2D eigenvalue weighted by Gasteiger charge is -2.17. The number of carboxylic acids is 1. The fraction of sp³-hybridized carbons (Fsp3) is 0.562. The molecule has 2 N–H and O–H groups in total. The Morgan fingerprint density at radius 1 is 1.32 bits per heavy atom. The summed E-state index contributed by atoms with van der Waals surface area (Å²) in [5.41, 5.74) is 3.94. The molecule has 0 spiro atoms. The van der Waals surface area contributed by atoms with Crippen LogP contribution in [0.1, 0.15) is 36.0 Å². The zero-order valence-corrected chi connectivity index (χ0v) is 11.8. The lowest BCUT2D eigenvalue weighted by molar-refractivity contribution is -0.142. The van der Waals surface area contributed by atoms with Crippen LogP contribution < -0.4 is 5.32 Å². The molecule has 0 heterocycles. The highest BCUT2D eigenvalue weighted by atomic mass is 16.4. The number of benzene rings is 1. The molecule has 1 aromatic rings. The van der Waals surface area contributed by atoms with E-state index in [2.05, 4.69) is 37.4 Å². The smallest absolute Gasteiger partial charge is 0.306 e. The van der Waals surface area contributed by atoms with Gasteiger partial charge in [-0.1, -0.05) is 24.6 Å². The van der Waals surface area contributed by atoms with Gasteiger partial charge in [0, 0.05) is 6.54 Å². The van der Waals surface area contributed by atoms with Crippen molar-refractivity contribution in [2.45, 2.75) is 39.7 Å². The van der Waals surface area contributed by atoms with Crippen LogP contribution in [0.15, 0.2) is 18.2 Å². The van der Waals surface area contributed by atoms with E-state index in [0.717, 1.165) is 32.4 Å². The van der Waals surface area contributed by atoms with Crippen LogP contribution in [0.25, 0.3) is 0 Å². The van der Waals surface area contributed by atoms with E-state index in [9.17, 15) is 4.79 Å². The van der Waals surface area contributed by atoms with Crippen molar-refractivity contribution >= 4 is 5.97 Å². The van der Waals surface area contributed by atoms with Crippen molar-refractivity contribution in [3.63, 3.8) is 0 Å². The van der Waals surface area contributed by atoms with E-state index < -0.39 is 5.97 Å². The van der Waals surface area contributed by atoms with Gasteiger partial charge >= 0.3 is 5.97 Å². The topological polar surface area (TPSA) is 49.3 Å². The summed E-state index contributed by atoms with van der Waals surface area (Å²) in [4.78, 5) is 11.1. The van der Waals surface area contributed by atoms with Gasteiger partial charge in [0.05, 0.1) is 5.92 Å². The Hall–Kier alpha value is -1.35. The Balaban J connectivity index is 1.88. The molecule has 1 aliphatic carbocycles. The van der Waals surface area contributed by atoms with E-state index in [1.807, 2.05) is 0 Å². The molecule has 2 atom stereocenters. The molecular weight excluding hydrogens is 238 g/mol. The number of rotatable bonds is 5. The molecule has 0 bridgehead atoms. The first-order valence-corrected chi connectivity index (χ1v) is 7.08. The Morgan fingerprint density at radius 2 is 2.00 bits per heavy atom. The van der Waals surface area contributed by atoms with Gasteiger partial charge in [-0.3, -0.25) is 4.79 Å². The number of nitrogens with one attached hydrogen (secondary N) is 1. The fourth-order valence-electron chi connectivity index (χ4n) is 3.12. The summed E-state index contributed by atoms with van der Waals surface area (Å²) < 4.78 is 0. The first-order valence-electron chi connectivity index (χ1n) is 7.08. The average Bonchev–Trinajstić information content (AvgIpc) is 2.81. The highest BCUT2D eigenvalue weighted by Gasteiger charge is 2.32. The first-order chi connectivity index (χ1) is 9.09. The Labute approximate surface area is 115 Å². The molecular formula is C16H23NO2. The number of carbonyl (C=O) groups is 1. The van der Waals surface area contributed by atoms with E-state index in [1.54, 1.807) is 0 Å². The molecule has 1 aromatic carbocycles. The predicted octanol–water partition coefficient (Wildman–Crippen LogP) is 2.89. The summed E-state index contributed by atoms with van der Waals surface area (Å²) in [6.07, 6.45) is 2.93. The Kier molecular flexibility index (Phi) is 4.59. The van der Waals surface area contributed by atoms with E-state index in [1.165, 1.54) is 16.7 Å². The average molecular weight is 261 g/mol. The number of carboxylic acid groups (broad SMARTS) is 1. The van der Waals surface area contributed by atoms with Gasteiger partial charge < -0.3 is 10.4 Å². The molecule has 1 fully saturated rings. The van der Waals surface area contributed by atoms with Crippen LogP contribution in [0.4, 0.5) is 0 Å². The number of hydrogen-bond acceptors (Lipinski definition) is 2. The third kappa shape index (κ3) is 3.35. The molecule has 19 heavy (non-hydrogen) atoms. The van der Waals surface area contributed by atoms with Crippen molar-refractivity contribution in [3.05, 3.63) is 34.9 Å². The first kappa shape index (κ1) is 14.1. The minimum Gasteiger partial charge on any atom is -0.481 e. The summed E-state index contributed by atoms with van der Waals surface area (Å²) >= 11 is 0. The Bertz CT molecular complexity index is 436. The minimum atomic E-state index is -0.628. The van der Waals surface area contributed by atoms with Crippen molar-refractivity contribution in [3.8, 4) is 0 Å². The zero-order chi connectivity index (χ0) is 13.8. The number of aliphatic carboxylic acids is 1. The lowest BCUT2D eigenvalue weighted by Crippen LogP contribution is -2.29. The van der Waals surface area contributed by atoms with Crippen molar-refractivity contribution in [2.75, 3.05) is 6.54 Å². The molecule has 2 unspecified atom stereocenters. The van der Waals surface area contributed by atoms with Gasteiger partial charge in [-0.25, -0.2) is 0 Å². The monoisotopic (exact) mass is 261 g/mol. The van der Waals surface area contributed by atoms with E-state index >= 15 is 0 Å². The summed E-state index contributed by atoms with van der Waals surface area (Å²) in [5, 5.41) is 12.6. The molecule has 0 saturated heterocycles. The van der Waals surface area contributed by atoms with Gasteiger partial charge in [0.1, 0.15) is 0 Å². The Morgan fingerprint density at radius 3 is 2.63 bits per heavy atom. The largest absolute Gasteiger partial charge is 0.481 e. The maximum atomic E-state index is 11.1. The summed E-state index contributed by atoms with van der Waals surface area (Å²) in [5.74, 6) is -0.483. The van der Waals surface area contributed by atoms with Crippen LogP contribution in [0, 0.1) is 25.7 Å². The van der Waals surface area contributed by atoms with Gasteiger partial charge in [0.15, 0.2) is 0 Å². The third-order valence-electron chi connectivity index (χ3n) is 4.33. The molecule has 0 amide bonds. The fourth-order valence-corrected chi connectivity index (χ4v) is 3.12. The minimum absolute atomic E-state index is 0.148. The van der Waals surface area contributed by atoms with Crippen LogP contribution in [0.5, 0.6) is 0 Å². The van der Waals surface area contributed by atoms with Crippen molar-refractivity contribution in [2.24, 2.45) is 11.8 Å². The van der Waals surface area contributed by atoms with Crippen molar-refractivity contribution < 1.29 is 9.90 Å². The molecule has 0 radical (unpaired) electrons. The van der Waals surface area contributed by atoms with E-state index in [4.69, 9.17) is 5.11 Å². The second kappa shape index (κ2) is 6.20. The van der Waals surface area contributed by atoms with Crippen LogP contribution in [0.3, 0.4) is 0 Å². The number of aryl methyl sites for hydroxylation is 2. The van der Waals surface area contributed by atoms with Crippen molar-refractivity contribution in [1.29, 1.82) is 0 Å². The normalized spacial score (nSPS) is 22.6. The van der Waals surface area contributed by atoms with Gasteiger partial charge in [-0.15, -0.1) is 0 Å². The summed E-state index contributed by atoms with van der Waals surface area (Å²) in [6.45, 7) is 5.89. The van der Waals surface area contributed by atoms with Gasteiger partial charge in [0.25, 0.3) is 0 Å². The summed E-state index contributed by atoms with van der Waals surface area (Å²) in [6, 6.07) is 6.32. The summed E-state index contributed by atoms with van der Waals surface area (Å²) in [7, 11) is 0. The van der Waals surface area contributed by atoms with Crippen LogP contribution in [-0.2, 0) is 11.3 Å². The van der Waals surface area contributed by atoms with Gasteiger partial charge in [-0.05, 0) is 55.8 Å². The molecule has 2 rings (SSSR count). The molecule has 3 heteroatoms. The third-order valence-corrected chi connectivity index (χ3v) is 4.33. The molecule has 1 saturated carbocycles. The van der Waals surface area contributed by atoms with Gasteiger partial charge in [0.2, 0.25) is 0 Å². The molecule has 0 aliphatic heterocycles. The van der Waals surface area contributed by atoms with Crippen LogP contribution >= 0.6 is 0 Å². The number of hydrogen-bond donors (Lipinski definition) is 2. The maximum Gasteiger partial charge on any atom is 0.306 e. The molecule has 3 nitrogen and oxygen atoms in total. The van der Waals surface area contributed by atoms with Crippen molar-refractivity contribution in [1.82, 2.24) is 5.32 Å².